The second kappa shape index (κ2) is 12.4. The Labute approximate surface area is 253 Å². The van der Waals surface area contributed by atoms with Crippen molar-refractivity contribution in [2.45, 2.75) is 50.4 Å². The fourth-order valence-electron chi connectivity index (χ4n) is 6.49. The first-order valence-corrected chi connectivity index (χ1v) is 14.8. The van der Waals surface area contributed by atoms with Crippen molar-refractivity contribution in [1.29, 1.82) is 0 Å². The van der Waals surface area contributed by atoms with Crippen LogP contribution in [-0.2, 0) is 17.6 Å². The molecule has 6 rings (SSSR count). The van der Waals surface area contributed by atoms with Gasteiger partial charge >= 0.3 is 6.01 Å². The number of likely N-dealkylation sites (tertiary alicyclic amines) is 1. The SMILES string of the molecule is [C-]#[N+]C[C@H]1CN(c2nc(OC[C@@H]3C[C@@H](F)CN3C)nc3c(F)c(-c4cncc5c4CCCC5)ncc23)CCN1C(=O)C(=C)F. The summed E-state index contributed by atoms with van der Waals surface area (Å²) < 4.78 is 50.3. The van der Waals surface area contributed by atoms with Crippen LogP contribution in [0.1, 0.15) is 30.4 Å². The minimum absolute atomic E-state index is 0.00364. The Morgan fingerprint density at radius 3 is 2.73 bits per heavy atom. The van der Waals surface area contributed by atoms with Crippen LogP contribution in [0, 0.1) is 12.4 Å². The second-order valence-corrected chi connectivity index (χ2v) is 11.6. The van der Waals surface area contributed by atoms with Gasteiger partial charge in [0.05, 0.1) is 5.39 Å². The van der Waals surface area contributed by atoms with Crippen molar-refractivity contribution < 1.29 is 22.7 Å². The molecule has 0 bridgehead atoms. The molecule has 2 fully saturated rings. The highest BCUT2D eigenvalue weighted by atomic mass is 19.1. The van der Waals surface area contributed by atoms with Crippen molar-refractivity contribution in [1.82, 2.24) is 29.7 Å². The fraction of sp³-hybridized carbons (Fsp3) is 0.484. The maximum atomic E-state index is 16.5. The molecule has 1 aliphatic carbocycles. The first kappa shape index (κ1) is 29.7. The van der Waals surface area contributed by atoms with Crippen LogP contribution < -0.4 is 9.64 Å². The summed E-state index contributed by atoms with van der Waals surface area (Å²) in [6.07, 6.45) is 8.05. The molecular formula is C31H33F3N8O2. The van der Waals surface area contributed by atoms with Gasteiger partial charge in [-0.05, 0) is 50.3 Å². The van der Waals surface area contributed by atoms with E-state index in [1.165, 1.54) is 11.1 Å². The standard InChI is InChI=1S/C31H33F3N8O2/c1-18(32)30(43)42-9-8-41(16-22(42)12-35-2)29-25-14-37-27(24-13-36-11-19-6-4-5-7-23(19)24)26(34)28(25)38-31(39-29)44-17-21-10-20(33)15-40(21)3/h11,13-14,20-22H,1,4-10,12,15-17H2,3H3/t20-,21+,22+/m1/s1. The minimum atomic E-state index is -1.10. The molecule has 2 aliphatic heterocycles. The molecule has 0 saturated carbocycles. The lowest BCUT2D eigenvalue weighted by atomic mass is 9.89. The van der Waals surface area contributed by atoms with Gasteiger partial charge in [-0.25, -0.2) is 19.7 Å². The van der Waals surface area contributed by atoms with Gasteiger partial charge in [-0.15, -0.1) is 0 Å². The van der Waals surface area contributed by atoms with Crippen molar-refractivity contribution in [3.05, 3.63) is 59.4 Å². The number of hydrogen-bond donors (Lipinski definition) is 0. The van der Waals surface area contributed by atoms with Gasteiger partial charge in [-0.3, -0.25) is 19.7 Å². The van der Waals surface area contributed by atoms with Crippen molar-refractivity contribution in [2.75, 3.05) is 51.3 Å². The number of amides is 1. The summed E-state index contributed by atoms with van der Waals surface area (Å²) in [5.41, 5.74) is 2.89. The van der Waals surface area contributed by atoms with E-state index in [0.29, 0.717) is 29.7 Å². The fourth-order valence-corrected chi connectivity index (χ4v) is 6.49. The van der Waals surface area contributed by atoms with E-state index in [4.69, 9.17) is 11.3 Å². The molecule has 10 nitrogen and oxygen atoms in total. The third kappa shape index (κ3) is 5.66. The summed E-state index contributed by atoms with van der Waals surface area (Å²) in [6, 6.07) is -0.924. The topological polar surface area (TPSA) is 91.9 Å². The van der Waals surface area contributed by atoms with E-state index in [2.05, 4.69) is 31.4 Å². The Bertz CT molecular complexity index is 1650. The number of halogens is 3. The lowest BCUT2D eigenvalue weighted by molar-refractivity contribution is -0.131. The summed E-state index contributed by atoms with van der Waals surface area (Å²) in [4.78, 5) is 38.9. The molecule has 1 amide bonds. The van der Waals surface area contributed by atoms with Gasteiger partial charge in [-0.1, -0.05) is 6.58 Å². The van der Waals surface area contributed by atoms with E-state index in [1.54, 1.807) is 6.20 Å². The lowest BCUT2D eigenvalue weighted by Gasteiger charge is -2.39. The number of likely N-dealkylation sites (N-methyl/N-ethyl adjacent to an activating group) is 1. The van der Waals surface area contributed by atoms with Gasteiger partial charge in [0.1, 0.15) is 35.8 Å². The molecule has 3 aromatic rings. The molecule has 44 heavy (non-hydrogen) atoms. The molecule has 0 radical (unpaired) electrons. The average molecular weight is 607 g/mol. The van der Waals surface area contributed by atoms with Gasteiger partial charge < -0.3 is 19.4 Å². The summed E-state index contributed by atoms with van der Waals surface area (Å²) in [6.45, 7) is 11.3. The Balaban J connectivity index is 1.41. The number of fused-ring (bicyclic) bond motifs is 2. The predicted molar refractivity (Wildman–Crippen MR) is 158 cm³/mol. The molecule has 3 atom stereocenters. The summed E-state index contributed by atoms with van der Waals surface area (Å²) in [5, 5.41) is 0.328. The second-order valence-electron chi connectivity index (χ2n) is 11.6. The molecule has 0 unspecified atom stereocenters. The molecule has 0 N–H and O–H groups in total. The highest BCUT2D eigenvalue weighted by molar-refractivity contribution is 5.93. The van der Waals surface area contributed by atoms with Crippen LogP contribution in [0.15, 0.2) is 31.0 Å². The molecule has 13 heteroatoms. The normalized spacial score (nSPS) is 22.1. The maximum Gasteiger partial charge on any atom is 0.319 e. The van der Waals surface area contributed by atoms with E-state index in [-0.39, 0.29) is 56.0 Å². The van der Waals surface area contributed by atoms with Crippen molar-refractivity contribution in [3.63, 3.8) is 0 Å². The predicted octanol–water partition coefficient (Wildman–Crippen LogP) is 3.95. The number of hydrogen-bond acceptors (Lipinski definition) is 8. The van der Waals surface area contributed by atoms with Gasteiger partial charge in [0.25, 0.3) is 5.91 Å². The Morgan fingerprint density at radius 2 is 1.98 bits per heavy atom. The number of ether oxygens (including phenoxy) is 1. The highest BCUT2D eigenvalue weighted by Gasteiger charge is 2.36. The highest BCUT2D eigenvalue weighted by Crippen LogP contribution is 2.36. The van der Waals surface area contributed by atoms with Gasteiger partial charge in [0.15, 0.2) is 11.6 Å². The number of anilines is 1. The van der Waals surface area contributed by atoms with Crippen molar-refractivity contribution >= 4 is 22.6 Å². The van der Waals surface area contributed by atoms with Gasteiger partial charge in [-0.2, -0.15) is 9.97 Å². The summed E-state index contributed by atoms with van der Waals surface area (Å²) >= 11 is 0. The van der Waals surface area contributed by atoms with Crippen LogP contribution >= 0.6 is 0 Å². The Hall–Kier alpha value is -4.31. The molecule has 2 saturated heterocycles. The van der Waals surface area contributed by atoms with E-state index < -0.39 is 29.8 Å². The van der Waals surface area contributed by atoms with Crippen LogP contribution in [0.3, 0.4) is 0 Å². The van der Waals surface area contributed by atoms with Crippen LogP contribution in [0.25, 0.3) is 27.0 Å². The molecule has 0 aromatic carbocycles. The Kier molecular flexibility index (Phi) is 8.35. The van der Waals surface area contributed by atoms with E-state index >= 15 is 4.39 Å². The quantitative estimate of drug-likeness (QED) is 0.295. The minimum Gasteiger partial charge on any atom is -0.462 e. The maximum absolute atomic E-state index is 16.5. The number of piperazine rings is 1. The third-order valence-electron chi connectivity index (χ3n) is 8.79. The van der Waals surface area contributed by atoms with Crippen LogP contribution in [0.5, 0.6) is 6.01 Å². The third-order valence-corrected chi connectivity index (χ3v) is 8.79. The zero-order chi connectivity index (χ0) is 31.0. The zero-order valence-electron chi connectivity index (χ0n) is 24.5. The van der Waals surface area contributed by atoms with Crippen LogP contribution in [0.4, 0.5) is 19.0 Å². The number of aromatic nitrogens is 4. The van der Waals surface area contributed by atoms with E-state index in [9.17, 15) is 13.6 Å². The number of carbonyl (C=O) groups is 1. The number of aryl methyl sites for hydroxylation is 1. The first-order valence-electron chi connectivity index (χ1n) is 14.8. The van der Waals surface area contributed by atoms with E-state index in [0.717, 1.165) is 36.8 Å². The van der Waals surface area contributed by atoms with Crippen LogP contribution in [0.2, 0.25) is 0 Å². The molecule has 0 spiro atoms. The molecule has 5 heterocycles. The van der Waals surface area contributed by atoms with Gasteiger partial charge in [0, 0.05) is 56.4 Å². The van der Waals surface area contributed by atoms with E-state index in [1.807, 2.05) is 23.0 Å². The molecule has 3 aromatic heterocycles. The number of alkyl halides is 1. The summed E-state index contributed by atoms with van der Waals surface area (Å²) in [5.74, 6) is -2.28. The van der Waals surface area contributed by atoms with Crippen LogP contribution in [-0.4, -0.2) is 100 Å². The summed E-state index contributed by atoms with van der Waals surface area (Å²) in [7, 11) is 1.82. The number of nitrogens with zero attached hydrogens (tertiary/aromatic N) is 8. The smallest absolute Gasteiger partial charge is 0.319 e. The number of pyridine rings is 2. The monoisotopic (exact) mass is 606 g/mol. The Morgan fingerprint density at radius 1 is 1.16 bits per heavy atom. The van der Waals surface area contributed by atoms with Gasteiger partial charge in [0.2, 0.25) is 6.54 Å². The van der Waals surface area contributed by atoms with Crippen molar-refractivity contribution in [3.8, 4) is 17.3 Å². The lowest BCUT2D eigenvalue weighted by Crippen LogP contribution is -2.56. The largest absolute Gasteiger partial charge is 0.462 e. The zero-order valence-corrected chi connectivity index (χ0v) is 24.5. The molecule has 3 aliphatic rings. The molecule has 230 valence electrons. The number of carbonyl (C=O) groups excluding carboxylic acids is 1. The first-order chi connectivity index (χ1) is 21.2. The molecular weight excluding hydrogens is 573 g/mol. The average Bonchev–Trinajstić information content (AvgIpc) is 3.35. The van der Waals surface area contributed by atoms with Crippen molar-refractivity contribution in [2.24, 2.45) is 0 Å². The number of rotatable bonds is 7.